The zero-order valence-corrected chi connectivity index (χ0v) is 25.8. The molecule has 2 amide bonds. The summed E-state index contributed by atoms with van der Waals surface area (Å²) in [6.07, 6.45) is 1.47. The second-order valence-corrected chi connectivity index (χ2v) is 13.5. The van der Waals surface area contributed by atoms with Crippen LogP contribution in [0.4, 0.5) is 13.2 Å². The van der Waals surface area contributed by atoms with Crippen molar-refractivity contribution >= 4 is 40.3 Å². The number of hydrogen-bond acceptors (Lipinski definition) is 8. The molecule has 4 aromatic rings. The Morgan fingerprint density at radius 2 is 1.98 bits per heavy atom. The van der Waals surface area contributed by atoms with Crippen molar-refractivity contribution in [3.05, 3.63) is 58.2 Å². The molecule has 0 bridgehead atoms. The molecular formula is C32H30F3N5O5S. The molecule has 2 atom stereocenters. The van der Waals surface area contributed by atoms with E-state index in [2.05, 4.69) is 10.4 Å². The molecule has 3 aromatic heterocycles. The van der Waals surface area contributed by atoms with Gasteiger partial charge in [0.2, 0.25) is 5.91 Å². The zero-order chi connectivity index (χ0) is 32.6. The summed E-state index contributed by atoms with van der Waals surface area (Å²) in [4.78, 5) is 43.4. The lowest BCUT2D eigenvalue weighted by atomic mass is 9.76. The Bertz CT molecular complexity index is 1910. The first-order chi connectivity index (χ1) is 21.9. The van der Waals surface area contributed by atoms with Gasteiger partial charge >= 0.3 is 6.18 Å². The van der Waals surface area contributed by atoms with E-state index in [1.807, 2.05) is 10.9 Å². The van der Waals surface area contributed by atoms with Crippen LogP contribution in [-0.2, 0) is 26.6 Å². The van der Waals surface area contributed by atoms with Gasteiger partial charge in [0.25, 0.3) is 5.91 Å². The summed E-state index contributed by atoms with van der Waals surface area (Å²) < 4.78 is 53.9. The molecule has 0 radical (unpaired) electrons. The predicted octanol–water partition coefficient (Wildman–Crippen LogP) is 4.93. The van der Waals surface area contributed by atoms with Crippen LogP contribution in [0.25, 0.3) is 21.5 Å². The van der Waals surface area contributed by atoms with Crippen LogP contribution in [0.5, 0.6) is 11.5 Å². The Hall–Kier alpha value is -4.46. The average molecular weight is 654 g/mol. The molecule has 10 nitrogen and oxygen atoms in total. The average Bonchev–Trinajstić information content (AvgIpc) is 3.94. The fraction of sp³-hybridized carbons (Fsp3) is 0.406. The predicted molar refractivity (Wildman–Crippen MR) is 162 cm³/mol. The number of aromatic nitrogens is 3. The first-order valence-corrected chi connectivity index (χ1v) is 15.7. The van der Waals surface area contributed by atoms with Crippen LogP contribution in [0.1, 0.15) is 65.1 Å². The molecular weight excluding hydrogens is 623 g/mol. The third-order valence-electron chi connectivity index (χ3n) is 9.26. The third kappa shape index (κ3) is 4.89. The molecule has 14 heteroatoms. The molecule has 2 saturated carbocycles. The number of pyridine rings is 1. The van der Waals surface area contributed by atoms with Crippen molar-refractivity contribution in [2.75, 3.05) is 20.3 Å². The number of halogens is 3. The van der Waals surface area contributed by atoms with Crippen LogP contribution < -0.4 is 20.5 Å². The number of nitrogens with one attached hydrogen (secondary N) is 1. The van der Waals surface area contributed by atoms with Gasteiger partial charge in [-0.2, -0.15) is 18.3 Å². The van der Waals surface area contributed by atoms with E-state index in [0.717, 1.165) is 30.6 Å². The number of rotatable bonds is 10. The van der Waals surface area contributed by atoms with E-state index in [1.165, 1.54) is 13.2 Å². The molecule has 3 N–H and O–H groups in total. The molecule has 0 saturated heterocycles. The number of nitrogens with zero attached hydrogens (tertiary/aromatic N) is 3. The molecule has 0 unspecified atom stereocenters. The maximum atomic E-state index is 13.6. The molecule has 1 aromatic carbocycles. The van der Waals surface area contributed by atoms with E-state index >= 15 is 0 Å². The summed E-state index contributed by atoms with van der Waals surface area (Å²) in [6.45, 7) is 1.31. The summed E-state index contributed by atoms with van der Waals surface area (Å²) in [7, 11) is 1.50. The van der Waals surface area contributed by atoms with Crippen molar-refractivity contribution < 1.29 is 37.0 Å². The van der Waals surface area contributed by atoms with Crippen molar-refractivity contribution in [2.45, 2.75) is 55.7 Å². The minimum absolute atomic E-state index is 0.0824. The van der Waals surface area contributed by atoms with Gasteiger partial charge in [-0.15, -0.1) is 11.3 Å². The van der Waals surface area contributed by atoms with Gasteiger partial charge in [0.15, 0.2) is 5.75 Å². The highest BCUT2D eigenvalue weighted by atomic mass is 32.1. The first kappa shape index (κ1) is 30.2. The number of hydrogen-bond donors (Lipinski definition) is 2. The molecule has 46 heavy (non-hydrogen) atoms. The van der Waals surface area contributed by atoms with Gasteiger partial charge in [-0.25, -0.2) is 4.98 Å². The fourth-order valence-corrected chi connectivity index (χ4v) is 6.97. The molecule has 7 rings (SSSR count). The molecule has 3 aliphatic rings. The standard InChI is InChI=1S/C32H30F3N5O5S/c1-30(29(36)43)15-45-27-20(30)11-23(38-26(27)22-7-8-24(46-22)32(33,34)35)31(14-41,18-3-4-18)13-37-28(42)16-9-17-12-40(19-5-6-19)39-25(17)21(10-16)44-2/h7-12,14,18-19H,3-6,13,15H2,1-2H3,(H2,36,43)(H,37,42)/t30-,31+/m0/s1. The lowest BCUT2D eigenvalue weighted by Gasteiger charge is -2.30. The first-order valence-electron chi connectivity index (χ1n) is 14.9. The minimum atomic E-state index is -4.57. The zero-order valence-electron chi connectivity index (χ0n) is 24.9. The van der Waals surface area contributed by atoms with E-state index in [9.17, 15) is 27.6 Å². The number of benzene rings is 1. The van der Waals surface area contributed by atoms with E-state index in [1.54, 1.807) is 25.1 Å². The molecule has 4 heterocycles. The normalized spacial score (nSPS) is 20.5. The number of carbonyl (C=O) groups is 3. The SMILES string of the molecule is COc1cc(C(=O)NC[C@](C=O)(c2cc3c(c(-c4ccc(C(F)(F)F)s4)n2)OC[C@]3(C)C(N)=O)C2CC2)cc2cn(C3CC3)nc12. The van der Waals surface area contributed by atoms with Crippen molar-refractivity contribution in [1.29, 1.82) is 0 Å². The lowest BCUT2D eigenvalue weighted by Crippen LogP contribution is -2.45. The maximum absolute atomic E-state index is 13.6. The number of ether oxygens (including phenoxy) is 2. The maximum Gasteiger partial charge on any atom is 0.425 e. The largest absolute Gasteiger partial charge is 0.494 e. The van der Waals surface area contributed by atoms with Crippen LogP contribution >= 0.6 is 11.3 Å². The van der Waals surface area contributed by atoms with Gasteiger partial charge in [-0.3, -0.25) is 14.3 Å². The smallest absolute Gasteiger partial charge is 0.425 e. The van der Waals surface area contributed by atoms with Gasteiger partial charge in [0.1, 0.15) is 40.1 Å². The van der Waals surface area contributed by atoms with Crippen molar-refractivity contribution in [3.8, 4) is 22.1 Å². The molecule has 2 fully saturated rings. The molecule has 240 valence electrons. The van der Waals surface area contributed by atoms with Crippen molar-refractivity contribution in [1.82, 2.24) is 20.1 Å². The van der Waals surface area contributed by atoms with Gasteiger partial charge < -0.3 is 25.3 Å². The summed E-state index contributed by atoms with van der Waals surface area (Å²) in [5.41, 5.74) is 4.72. The minimum Gasteiger partial charge on any atom is -0.494 e. The Balaban J connectivity index is 1.28. The van der Waals surface area contributed by atoms with Gasteiger partial charge in [-0.1, -0.05) is 0 Å². The quantitative estimate of drug-likeness (QED) is 0.232. The second kappa shape index (κ2) is 10.5. The van der Waals surface area contributed by atoms with Crippen LogP contribution in [0, 0.1) is 5.92 Å². The van der Waals surface area contributed by atoms with E-state index in [-0.39, 0.29) is 41.1 Å². The number of carbonyl (C=O) groups excluding carboxylic acids is 3. The highest BCUT2D eigenvalue weighted by Crippen LogP contribution is 2.51. The molecule has 2 aliphatic carbocycles. The van der Waals surface area contributed by atoms with E-state index in [0.29, 0.717) is 52.6 Å². The van der Waals surface area contributed by atoms with Gasteiger partial charge in [-0.05, 0) is 68.9 Å². The van der Waals surface area contributed by atoms with Crippen LogP contribution in [0.3, 0.4) is 0 Å². The number of methoxy groups -OCH3 is 1. The van der Waals surface area contributed by atoms with Gasteiger partial charge in [0.05, 0.1) is 29.1 Å². The van der Waals surface area contributed by atoms with Crippen molar-refractivity contribution in [2.24, 2.45) is 11.7 Å². The monoisotopic (exact) mass is 653 g/mol. The van der Waals surface area contributed by atoms with Gasteiger partial charge in [0, 0.05) is 29.3 Å². The van der Waals surface area contributed by atoms with E-state index in [4.69, 9.17) is 20.2 Å². The Morgan fingerprint density at radius 3 is 2.59 bits per heavy atom. The lowest BCUT2D eigenvalue weighted by molar-refractivity contribution is -0.134. The third-order valence-corrected chi connectivity index (χ3v) is 10.4. The summed E-state index contributed by atoms with van der Waals surface area (Å²) in [5, 5.41) is 8.26. The summed E-state index contributed by atoms with van der Waals surface area (Å²) in [6, 6.07) is 7.47. The number of amides is 2. The number of primary amides is 1. The fourth-order valence-electron chi connectivity index (χ4n) is 6.11. The second-order valence-electron chi connectivity index (χ2n) is 12.5. The topological polar surface area (TPSA) is 138 Å². The highest BCUT2D eigenvalue weighted by Gasteiger charge is 2.51. The number of thiophene rings is 1. The number of alkyl halides is 3. The summed E-state index contributed by atoms with van der Waals surface area (Å²) >= 11 is 0.485. The number of aldehydes is 1. The van der Waals surface area contributed by atoms with Crippen molar-refractivity contribution in [3.63, 3.8) is 0 Å². The van der Waals surface area contributed by atoms with E-state index < -0.39 is 33.7 Å². The van der Waals surface area contributed by atoms with Crippen LogP contribution in [0.2, 0.25) is 0 Å². The Morgan fingerprint density at radius 1 is 1.22 bits per heavy atom. The molecule has 1 aliphatic heterocycles. The Kier molecular flexibility index (Phi) is 6.92. The summed E-state index contributed by atoms with van der Waals surface area (Å²) in [5.74, 6) is -0.759. The highest BCUT2D eigenvalue weighted by molar-refractivity contribution is 7.15. The van der Waals surface area contributed by atoms with Crippen LogP contribution in [0.15, 0.2) is 36.5 Å². The number of fused-ring (bicyclic) bond motifs is 2. The molecule has 0 spiro atoms. The Labute approximate surface area is 265 Å². The van der Waals surface area contributed by atoms with Crippen LogP contribution in [-0.4, -0.2) is 53.1 Å². The number of nitrogens with two attached hydrogens (primary N) is 1.